The second-order valence-electron chi connectivity index (χ2n) is 8.26. The number of ketones is 1. The minimum atomic E-state index is -0.898. The van der Waals surface area contributed by atoms with Crippen LogP contribution in [-0.4, -0.2) is 53.0 Å². The topological polar surface area (TPSA) is 115 Å². The van der Waals surface area contributed by atoms with Gasteiger partial charge in [-0.15, -0.1) is 0 Å². The zero-order valence-electron chi connectivity index (χ0n) is 19.3. The monoisotopic (exact) mass is 486 g/mol. The number of pyridine rings is 1. The van der Waals surface area contributed by atoms with Gasteiger partial charge in [-0.1, -0.05) is 18.2 Å². The molecule has 2 aromatic carbocycles. The number of fused-ring (bicyclic) bond motifs is 1. The molecule has 36 heavy (non-hydrogen) atoms. The van der Waals surface area contributed by atoms with Crippen LogP contribution in [0.25, 0.3) is 5.76 Å². The van der Waals surface area contributed by atoms with E-state index in [1.165, 1.54) is 12.0 Å². The maximum absolute atomic E-state index is 13.3. The van der Waals surface area contributed by atoms with Crippen LogP contribution in [0.15, 0.2) is 72.6 Å². The van der Waals surface area contributed by atoms with Crippen molar-refractivity contribution in [1.82, 2.24) is 9.88 Å². The number of esters is 1. The lowest BCUT2D eigenvalue weighted by Crippen LogP contribution is -2.29. The fourth-order valence-electron chi connectivity index (χ4n) is 4.34. The van der Waals surface area contributed by atoms with Crippen molar-refractivity contribution in [3.8, 4) is 11.5 Å². The van der Waals surface area contributed by atoms with E-state index in [-0.39, 0.29) is 17.9 Å². The molecule has 0 saturated carbocycles. The smallest absolute Gasteiger partial charge is 0.337 e. The van der Waals surface area contributed by atoms with Crippen molar-refractivity contribution in [2.45, 2.75) is 12.6 Å². The predicted octanol–water partition coefficient (Wildman–Crippen LogP) is 3.26. The minimum Gasteiger partial charge on any atom is -0.507 e. The van der Waals surface area contributed by atoms with Crippen molar-refractivity contribution in [1.29, 1.82) is 0 Å². The molecule has 9 heteroatoms. The Bertz CT molecular complexity index is 1370. The van der Waals surface area contributed by atoms with Crippen LogP contribution in [0.2, 0.25) is 0 Å². The van der Waals surface area contributed by atoms with E-state index in [9.17, 15) is 19.5 Å². The fourth-order valence-corrected chi connectivity index (χ4v) is 4.34. The second kappa shape index (κ2) is 9.53. The summed E-state index contributed by atoms with van der Waals surface area (Å²) in [6.45, 7) is 0.873. The van der Waals surface area contributed by atoms with Crippen molar-refractivity contribution in [3.63, 3.8) is 0 Å². The van der Waals surface area contributed by atoms with Gasteiger partial charge in [0.1, 0.15) is 19.0 Å². The molecule has 0 radical (unpaired) electrons. The number of hydrogen-bond donors (Lipinski definition) is 1. The standard InChI is InChI=1S/C27H22N2O7/c1-34-27(33)18-6-4-17(5-7-18)23-22(24(30)19-8-9-20-21(13-19)36-12-11-35-20)25(31)26(32)29(23)15-16-3-2-10-28-14-16/h2-10,13-14,23,30H,11-12,15H2,1H3/b24-22+. The van der Waals surface area contributed by atoms with Gasteiger partial charge in [0.15, 0.2) is 11.5 Å². The number of benzene rings is 2. The number of carbonyl (C=O) groups excluding carboxylic acids is 3. The van der Waals surface area contributed by atoms with Crippen LogP contribution in [-0.2, 0) is 20.9 Å². The number of amides is 1. The van der Waals surface area contributed by atoms with Gasteiger partial charge in [-0.2, -0.15) is 0 Å². The molecular formula is C27H22N2O7. The third-order valence-corrected chi connectivity index (χ3v) is 6.08. The van der Waals surface area contributed by atoms with Crippen molar-refractivity contribution in [2.75, 3.05) is 20.3 Å². The van der Waals surface area contributed by atoms with Crippen LogP contribution in [0.3, 0.4) is 0 Å². The first-order chi connectivity index (χ1) is 17.5. The Kier molecular flexibility index (Phi) is 6.12. The van der Waals surface area contributed by atoms with Gasteiger partial charge < -0.3 is 24.2 Å². The Hall–Kier alpha value is -4.66. The normalized spacial score (nSPS) is 18.2. The molecule has 0 bridgehead atoms. The maximum atomic E-state index is 13.3. The zero-order valence-corrected chi connectivity index (χ0v) is 19.3. The van der Waals surface area contributed by atoms with E-state index in [4.69, 9.17) is 14.2 Å². The van der Waals surface area contributed by atoms with E-state index < -0.39 is 23.7 Å². The minimum absolute atomic E-state index is 0.0635. The van der Waals surface area contributed by atoms with Gasteiger partial charge in [-0.05, 0) is 47.5 Å². The fraction of sp³-hybridized carbons (Fsp3) is 0.185. The first-order valence-corrected chi connectivity index (χ1v) is 11.2. The number of Topliss-reactive ketones (excluding diaryl/α,β-unsaturated/α-hetero) is 1. The van der Waals surface area contributed by atoms with Gasteiger partial charge in [0.05, 0.1) is 24.3 Å². The van der Waals surface area contributed by atoms with E-state index in [2.05, 4.69) is 4.98 Å². The van der Waals surface area contributed by atoms with E-state index in [0.29, 0.717) is 41.4 Å². The van der Waals surface area contributed by atoms with Crippen LogP contribution in [0.1, 0.15) is 33.1 Å². The van der Waals surface area contributed by atoms with Crippen LogP contribution < -0.4 is 9.47 Å². The SMILES string of the molecule is COC(=O)c1ccc(C2/C(=C(\O)c3ccc4c(c3)OCCO4)C(=O)C(=O)N2Cc2cccnc2)cc1. The Morgan fingerprint density at radius 3 is 2.47 bits per heavy atom. The Morgan fingerprint density at radius 2 is 1.78 bits per heavy atom. The predicted molar refractivity (Wildman–Crippen MR) is 127 cm³/mol. The van der Waals surface area contributed by atoms with Gasteiger partial charge >= 0.3 is 5.97 Å². The maximum Gasteiger partial charge on any atom is 0.337 e. The number of aliphatic hydroxyl groups is 1. The summed E-state index contributed by atoms with van der Waals surface area (Å²) in [5.74, 6) is -1.43. The lowest BCUT2D eigenvalue weighted by molar-refractivity contribution is -0.140. The number of likely N-dealkylation sites (tertiary alicyclic amines) is 1. The Balaban J connectivity index is 1.62. The van der Waals surface area contributed by atoms with E-state index in [1.54, 1.807) is 67.0 Å². The van der Waals surface area contributed by atoms with Crippen LogP contribution in [0, 0.1) is 0 Å². The molecule has 182 valence electrons. The first-order valence-electron chi connectivity index (χ1n) is 11.2. The molecule has 2 aliphatic rings. The van der Waals surface area contributed by atoms with Crippen molar-refractivity contribution in [2.24, 2.45) is 0 Å². The average molecular weight is 486 g/mol. The second-order valence-corrected chi connectivity index (χ2v) is 8.26. The molecule has 2 aliphatic heterocycles. The molecule has 3 aromatic rings. The van der Waals surface area contributed by atoms with Crippen molar-refractivity contribution >= 4 is 23.4 Å². The summed E-state index contributed by atoms with van der Waals surface area (Å²) in [6.07, 6.45) is 3.22. The third kappa shape index (κ3) is 4.15. The number of methoxy groups -OCH3 is 1. The Labute approximate surface area is 206 Å². The van der Waals surface area contributed by atoms with Gasteiger partial charge in [0, 0.05) is 24.5 Å². The number of aromatic nitrogens is 1. The first kappa shape index (κ1) is 23.1. The summed E-state index contributed by atoms with van der Waals surface area (Å²) in [4.78, 5) is 43.8. The summed E-state index contributed by atoms with van der Waals surface area (Å²) < 4.78 is 15.9. The molecule has 1 aromatic heterocycles. The van der Waals surface area contributed by atoms with E-state index >= 15 is 0 Å². The molecule has 0 aliphatic carbocycles. The van der Waals surface area contributed by atoms with Crippen molar-refractivity contribution in [3.05, 3.63) is 94.8 Å². The molecule has 1 unspecified atom stereocenters. The molecule has 0 spiro atoms. The van der Waals surface area contributed by atoms with Crippen LogP contribution in [0.4, 0.5) is 0 Å². The summed E-state index contributed by atoms with van der Waals surface area (Å²) in [7, 11) is 1.28. The number of hydrogen-bond acceptors (Lipinski definition) is 8. The largest absolute Gasteiger partial charge is 0.507 e. The van der Waals surface area contributed by atoms with Gasteiger partial charge in [-0.25, -0.2) is 4.79 Å². The molecule has 3 heterocycles. The third-order valence-electron chi connectivity index (χ3n) is 6.08. The number of nitrogens with zero attached hydrogens (tertiary/aromatic N) is 2. The quantitative estimate of drug-likeness (QED) is 0.253. The number of ether oxygens (including phenoxy) is 3. The average Bonchev–Trinajstić information content (AvgIpc) is 3.17. The lowest BCUT2D eigenvalue weighted by Gasteiger charge is -2.25. The molecule has 1 saturated heterocycles. The number of aliphatic hydroxyl groups excluding tert-OH is 1. The van der Waals surface area contributed by atoms with Crippen LogP contribution >= 0.6 is 0 Å². The highest BCUT2D eigenvalue weighted by atomic mass is 16.6. The van der Waals surface area contributed by atoms with E-state index in [1.807, 2.05) is 0 Å². The van der Waals surface area contributed by atoms with Gasteiger partial charge in [-0.3, -0.25) is 14.6 Å². The summed E-state index contributed by atoms with van der Waals surface area (Å²) in [6, 6.07) is 13.8. The molecule has 5 rings (SSSR count). The van der Waals surface area contributed by atoms with Crippen molar-refractivity contribution < 1.29 is 33.7 Å². The molecule has 1 N–H and O–H groups in total. The lowest BCUT2D eigenvalue weighted by atomic mass is 9.94. The molecular weight excluding hydrogens is 464 g/mol. The summed E-state index contributed by atoms with van der Waals surface area (Å²) in [5, 5.41) is 11.3. The summed E-state index contributed by atoms with van der Waals surface area (Å²) in [5.41, 5.74) is 1.83. The molecule has 1 amide bonds. The summed E-state index contributed by atoms with van der Waals surface area (Å²) >= 11 is 0. The van der Waals surface area contributed by atoms with Gasteiger partial charge in [0.25, 0.3) is 11.7 Å². The zero-order chi connectivity index (χ0) is 25.2. The number of carbonyl (C=O) groups is 3. The molecule has 1 fully saturated rings. The van der Waals surface area contributed by atoms with Gasteiger partial charge in [0.2, 0.25) is 0 Å². The molecule has 9 nitrogen and oxygen atoms in total. The molecule has 1 atom stereocenters. The number of rotatable bonds is 5. The highest BCUT2D eigenvalue weighted by Crippen LogP contribution is 2.41. The highest BCUT2D eigenvalue weighted by Gasteiger charge is 2.46. The highest BCUT2D eigenvalue weighted by molar-refractivity contribution is 6.46. The van der Waals surface area contributed by atoms with E-state index in [0.717, 1.165) is 5.56 Å². The van der Waals surface area contributed by atoms with Crippen LogP contribution in [0.5, 0.6) is 11.5 Å². The Morgan fingerprint density at radius 1 is 1.06 bits per heavy atom.